The number of hydrazine groups is 1. The molecule has 1 heterocycles. The van der Waals surface area contributed by atoms with Gasteiger partial charge in [-0.25, -0.2) is 5.43 Å². The van der Waals surface area contributed by atoms with E-state index in [-0.39, 0.29) is 12.1 Å². The Morgan fingerprint density at radius 3 is 2.45 bits per heavy atom. The van der Waals surface area contributed by atoms with Gasteiger partial charge in [-0.2, -0.15) is 5.10 Å². The molecule has 5 heteroatoms. The third-order valence-corrected chi connectivity index (χ3v) is 4.05. The maximum atomic E-state index is 5.79. The van der Waals surface area contributed by atoms with Crippen LogP contribution in [0, 0.1) is 0 Å². The summed E-state index contributed by atoms with van der Waals surface area (Å²) in [5.74, 6) is 5.79. The lowest BCUT2D eigenvalue weighted by Gasteiger charge is -2.21. The van der Waals surface area contributed by atoms with Crippen molar-refractivity contribution in [2.24, 2.45) is 5.84 Å². The maximum Gasteiger partial charge on any atom is 0.0889 e. The Morgan fingerprint density at radius 1 is 1.30 bits per heavy atom. The first kappa shape index (κ1) is 15.2. The van der Waals surface area contributed by atoms with E-state index in [2.05, 4.69) is 71.5 Å². The molecule has 4 nitrogen and oxygen atoms in total. The third kappa shape index (κ3) is 2.95. The van der Waals surface area contributed by atoms with Crippen LogP contribution < -0.4 is 11.3 Å². The molecule has 1 atom stereocenters. The summed E-state index contributed by atoms with van der Waals surface area (Å²) in [6.45, 7) is 6.37. The van der Waals surface area contributed by atoms with E-state index in [1.54, 1.807) is 0 Å². The molecule has 1 aromatic heterocycles. The summed E-state index contributed by atoms with van der Waals surface area (Å²) < 4.78 is 2.95. The second-order valence-corrected chi connectivity index (χ2v) is 5.97. The molecule has 2 rings (SSSR count). The summed E-state index contributed by atoms with van der Waals surface area (Å²) in [4.78, 5) is 0. The first-order chi connectivity index (χ1) is 9.58. The van der Waals surface area contributed by atoms with Gasteiger partial charge in [-0.15, -0.1) is 0 Å². The summed E-state index contributed by atoms with van der Waals surface area (Å²) in [5.41, 5.74) is 6.40. The highest BCUT2D eigenvalue weighted by Gasteiger charge is 2.22. The number of aromatic nitrogens is 2. The number of nitrogens with zero attached hydrogens (tertiary/aromatic N) is 2. The highest BCUT2D eigenvalue weighted by atomic mass is 79.9. The van der Waals surface area contributed by atoms with Gasteiger partial charge in [0.15, 0.2) is 0 Å². The van der Waals surface area contributed by atoms with Crippen molar-refractivity contribution in [1.82, 2.24) is 15.2 Å². The number of benzene rings is 1. The fourth-order valence-electron chi connectivity index (χ4n) is 2.31. The number of rotatable bonds is 5. The first-order valence-corrected chi connectivity index (χ1v) is 7.65. The molecule has 0 bridgehead atoms. The highest BCUT2D eigenvalue weighted by molar-refractivity contribution is 9.10. The summed E-state index contributed by atoms with van der Waals surface area (Å²) in [7, 11) is 0. The van der Waals surface area contributed by atoms with E-state index in [9.17, 15) is 0 Å². The normalized spacial score (nSPS) is 12.9. The minimum atomic E-state index is -0.0832. The van der Waals surface area contributed by atoms with Crippen LogP contribution in [0.5, 0.6) is 0 Å². The van der Waals surface area contributed by atoms with Crippen molar-refractivity contribution in [3.05, 3.63) is 51.8 Å². The molecule has 0 saturated carbocycles. The summed E-state index contributed by atoms with van der Waals surface area (Å²) in [5, 5.41) is 4.42. The largest absolute Gasteiger partial charge is 0.271 e. The lowest BCUT2D eigenvalue weighted by atomic mass is 10.0. The third-order valence-electron chi connectivity index (χ3n) is 3.44. The van der Waals surface area contributed by atoms with Gasteiger partial charge in [0.05, 0.1) is 22.4 Å². The predicted octanol–water partition coefficient (Wildman–Crippen LogP) is 3.34. The van der Waals surface area contributed by atoms with Crippen LogP contribution in [-0.2, 0) is 6.42 Å². The van der Waals surface area contributed by atoms with E-state index < -0.39 is 0 Å². The fraction of sp³-hybridized carbons (Fsp3) is 0.400. The van der Waals surface area contributed by atoms with Crippen molar-refractivity contribution in [1.29, 1.82) is 0 Å². The van der Waals surface area contributed by atoms with E-state index in [0.29, 0.717) is 0 Å². The Labute approximate surface area is 128 Å². The van der Waals surface area contributed by atoms with Gasteiger partial charge < -0.3 is 0 Å². The zero-order valence-electron chi connectivity index (χ0n) is 12.1. The molecular weight excluding hydrogens is 316 g/mol. The molecule has 0 amide bonds. The van der Waals surface area contributed by atoms with Gasteiger partial charge in [0, 0.05) is 6.04 Å². The molecule has 0 fully saturated rings. The van der Waals surface area contributed by atoms with E-state index in [4.69, 9.17) is 5.84 Å². The van der Waals surface area contributed by atoms with Crippen LogP contribution in [-0.4, -0.2) is 9.78 Å². The van der Waals surface area contributed by atoms with Gasteiger partial charge in [-0.05, 0) is 47.3 Å². The molecule has 0 saturated heterocycles. The molecule has 1 unspecified atom stereocenters. The highest BCUT2D eigenvalue weighted by Crippen LogP contribution is 2.30. The lowest BCUT2D eigenvalue weighted by molar-refractivity contribution is 0.475. The number of halogens is 1. The molecule has 0 radical (unpaired) electrons. The van der Waals surface area contributed by atoms with Gasteiger partial charge in [-0.1, -0.05) is 31.2 Å². The van der Waals surface area contributed by atoms with E-state index in [1.165, 1.54) is 5.56 Å². The van der Waals surface area contributed by atoms with E-state index in [1.807, 2.05) is 10.9 Å². The summed E-state index contributed by atoms with van der Waals surface area (Å²) in [6, 6.07) is 8.72. The lowest BCUT2D eigenvalue weighted by Crippen LogP contribution is -2.31. The van der Waals surface area contributed by atoms with Crippen molar-refractivity contribution < 1.29 is 0 Å². The first-order valence-electron chi connectivity index (χ1n) is 6.86. The molecule has 1 aromatic carbocycles. The standard InChI is InChI=1S/C15H21BrN4/c1-4-11-5-7-12(8-6-11)14(19-17)15-13(16)9-18-20(15)10(2)3/h5-10,14,19H,4,17H2,1-3H3. The van der Waals surface area contributed by atoms with Gasteiger partial charge in [-0.3, -0.25) is 10.5 Å². The summed E-state index contributed by atoms with van der Waals surface area (Å²) >= 11 is 3.57. The SMILES string of the molecule is CCc1ccc(C(NN)c2c(Br)cnn2C(C)C)cc1. The van der Waals surface area contributed by atoms with Crippen LogP contribution in [0.15, 0.2) is 34.9 Å². The fourth-order valence-corrected chi connectivity index (χ4v) is 2.81. The monoisotopic (exact) mass is 336 g/mol. The second kappa shape index (κ2) is 6.52. The van der Waals surface area contributed by atoms with Crippen LogP contribution in [0.2, 0.25) is 0 Å². The van der Waals surface area contributed by atoms with E-state index in [0.717, 1.165) is 22.2 Å². The van der Waals surface area contributed by atoms with Gasteiger partial charge in [0.1, 0.15) is 0 Å². The molecule has 20 heavy (non-hydrogen) atoms. The Kier molecular flexibility index (Phi) is 4.96. The molecule has 108 valence electrons. The quantitative estimate of drug-likeness (QED) is 0.650. The minimum absolute atomic E-state index is 0.0832. The molecule has 0 aliphatic rings. The van der Waals surface area contributed by atoms with Crippen molar-refractivity contribution >= 4 is 15.9 Å². The van der Waals surface area contributed by atoms with E-state index >= 15 is 0 Å². The number of hydrogen-bond donors (Lipinski definition) is 2. The van der Waals surface area contributed by atoms with Gasteiger partial charge >= 0.3 is 0 Å². The maximum absolute atomic E-state index is 5.79. The number of nitrogens with one attached hydrogen (secondary N) is 1. The van der Waals surface area contributed by atoms with Crippen LogP contribution >= 0.6 is 15.9 Å². The Morgan fingerprint density at radius 2 is 1.95 bits per heavy atom. The number of nitrogens with two attached hydrogens (primary N) is 1. The van der Waals surface area contributed by atoms with Crippen molar-refractivity contribution in [3.8, 4) is 0 Å². The zero-order chi connectivity index (χ0) is 14.7. The second-order valence-electron chi connectivity index (χ2n) is 5.11. The number of aryl methyl sites for hydroxylation is 1. The van der Waals surface area contributed by atoms with Crippen LogP contribution in [0.1, 0.15) is 49.7 Å². The topological polar surface area (TPSA) is 55.9 Å². The molecule has 2 aromatic rings. The van der Waals surface area contributed by atoms with Crippen LogP contribution in [0.4, 0.5) is 0 Å². The van der Waals surface area contributed by atoms with Gasteiger partial charge in [0.25, 0.3) is 0 Å². The molecule has 0 aliphatic carbocycles. The zero-order valence-corrected chi connectivity index (χ0v) is 13.7. The Hall–Kier alpha value is -1.17. The average molecular weight is 337 g/mol. The summed E-state index contributed by atoms with van der Waals surface area (Å²) in [6.07, 6.45) is 2.86. The Bertz CT molecular complexity index is 560. The van der Waals surface area contributed by atoms with Crippen LogP contribution in [0.3, 0.4) is 0 Å². The number of hydrogen-bond acceptors (Lipinski definition) is 3. The van der Waals surface area contributed by atoms with Crippen molar-refractivity contribution in [2.45, 2.75) is 39.3 Å². The van der Waals surface area contributed by atoms with Gasteiger partial charge in [0.2, 0.25) is 0 Å². The Balaban J connectivity index is 2.43. The van der Waals surface area contributed by atoms with Crippen molar-refractivity contribution in [3.63, 3.8) is 0 Å². The molecule has 0 spiro atoms. The molecule has 3 N–H and O–H groups in total. The smallest absolute Gasteiger partial charge is 0.0889 e. The van der Waals surface area contributed by atoms with Crippen molar-refractivity contribution in [2.75, 3.05) is 0 Å². The minimum Gasteiger partial charge on any atom is -0.271 e. The molecule has 0 aliphatic heterocycles. The average Bonchev–Trinajstić information content (AvgIpc) is 2.83. The molecular formula is C15H21BrN4. The van der Waals surface area contributed by atoms with Crippen LogP contribution in [0.25, 0.3) is 0 Å². The predicted molar refractivity (Wildman–Crippen MR) is 85.3 cm³/mol.